The van der Waals surface area contributed by atoms with Gasteiger partial charge in [-0.2, -0.15) is 5.10 Å². The van der Waals surface area contributed by atoms with E-state index in [9.17, 15) is 9.90 Å². The first-order valence-corrected chi connectivity index (χ1v) is 8.77. The van der Waals surface area contributed by atoms with E-state index >= 15 is 0 Å². The first-order chi connectivity index (χ1) is 11.7. The van der Waals surface area contributed by atoms with Gasteiger partial charge in [0, 0.05) is 24.9 Å². The third kappa shape index (κ3) is 4.69. The van der Waals surface area contributed by atoms with Crippen LogP contribution in [0.3, 0.4) is 0 Å². The Balaban J connectivity index is 2.32. The lowest BCUT2D eigenvalue weighted by Gasteiger charge is -2.28. The molecule has 1 heterocycles. The summed E-state index contributed by atoms with van der Waals surface area (Å²) in [6, 6.07) is 11.7. The molecule has 0 saturated carbocycles. The summed E-state index contributed by atoms with van der Waals surface area (Å²) in [6.07, 6.45) is 0.539. The summed E-state index contributed by atoms with van der Waals surface area (Å²) in [5, 5.41) is 13.9. The second kappa shape index (κ2) is 7.83. The van der Waals surface area contributed by atoms with Gasteiger partial charge in [0.05, 0.1) is 5.54 Å². The average Bonchev–Trinajstić information content (AvgIpc) is 2.95. The molecule has 0 aliphatic heterocycles. The molecule has 0 spiro atoms. The summed E-state index contributed by atoms with van der Waals surface area (Å²) < 4.78 is 1.89. The van der Waals surface area contributed by atoms with Crippen molar-refractivity contribution in [1.29, 1.82) is 0 Å². The highest BCUT2D eigenvalue weighted by atomic mass is 16.3. The SMILES string of the molecule is Cc1cc(C(=O)N(Cc2ccccc2)C(C)CCO)nn1C(C)(C)C. The van der Waals surface area contributed by atoms with Gasteiger partial charge < -0.3 is 10.0 Å². The average molecular weight is 343 g/mol. The maximum atomic E-state index is 13.1. The molecule has 2 aromatic rings. The van der Waals surface area contributed by atoms with Crippen LogP contribution < -0.4 is 0 Å². The molecular formula is C20H29N3O2. The number of benzene rings is 1. The smallest absolute Gasteiger partial charge is 0.274 e. The van der Waals surface area contributed by atoms with Gasteiger partial charge >= 0.3 is 0 Å². The number of hydrogen-bond donors (Lipinski definition) is 1. The summed E-state index contributed by atoms with van der Waals surface area (Å²) in [6.45, 7) is 10.7. The maximum Gasteiger partial charge on any atom is 0.274 e. The van der Waals surface area contributed by atoms with Crippen molar-refractivity contribution in [2.24, 2.45) is 0 Å². The number of carbonyl (C=O) groups excluding carboxylic acids is 1. The number of aliphatic hydroxyl groups excluding tert-OH is 1. The van der Waals surface area contributed by atoms with Crippen molar-refractivity contribution >= 4 is 5.91 Å². The lowest BCUT2D eigenvalue weighted by Crippen LogP contribution is -2.39. The normalized spacial score (nSPS) is 12.9. The minimum atomic E-state index is -0.177. The lowest BCUT2D eigenvalue weighted by atomic mass is 10.1. The molecule has 1 aromatic heterocycles. The second-order valence-electron chi connectivity index (χ2n) is 7.53. The van der Waals surface area contributed by atoms with Crippen LogP contribution in [0.25, 0.3) is 0 Å². The van der Waals surface area contributed by atoms with Crippen molar-refractivity contribution in [1.82, 2.24) is 14.7 Å². The van der Waals surface area contributed by atoms with Crippen LogP contribution in [0.5, 0.6) is 0 Å². The Morgan fingerprint density at radius 3 is 2.44 bits per heavy atom. The van der Waals surface area contributed by atoms with Gasteiger partial charge in [-0.3, -0.25) is 9.48 Å². The van der Waals surface area contributed by atoms with Gasteiger partial charge in [0.1, 0.15) is 0 Å². The van der Waals surface area contributed by atoms with Crippen molar-refractivity contribution in [2.45, 2.75) is 59.2 Å². The molecule has 0 bridgehead atoms. The zero-order chi connectivity index (χ0) is 18.6. The summed E-state index contributed by atoms with van der Waals surface area (Å²) in [7, 11) is 0. The van der Waals surface area contributed by atoms with Gasteiger partial charge in [0.25, 0.3) is 5.91 Å². The molecule has 2 rings (SSSR count). The highest BCUT2D eigenvalue weighted by Gasteiger charge is 2.26. The highest BCUT2D eigenvalue weighted by Crippen LogP contribution is 2.20. The number of amides is 1. The Hall–Kier alpha value is -2.14. The largest absolute Gasteiger partial charge is 0.396 e. The van der Waals surface area contributed by atoms with Gasteiger partial charge in [-0.15, -0.1) is 0 Å². The lowest BCUT2D eigenvalue weighted by molar-refractivity contribution is 0.0641. The van der Waals surface area contributed by atoms with Crippen LogP contribution in [-0.2, 0) is 12.1 Å². The first-order valence-electron chi connectivity index (χ1n) is 8.77. The van der Waals surface area contributed by atoms with Gasteiger partial charge in [-0.05, 0) is 52.7 Å². The number of rotatable bonds is 6. The highest BCUT2D eigenvalue weighted by molar-refractivity contribution is 5.92. The molecule has 25 heavy (non-hydrogen) atoms. The van der Waals surface area contributed by atoms with Crippen molar-refractivity contribution in [3.05, 3.63) is 53.3 Å². The molecule has 0 fully saturated rings. The van der Waals surface area contributed by atoms with Crippen molar-refractivity contribution < 1.29 is 9.90 Å². The molecule has 0 aliphatic rings. The molecule has 1 atom stereocenters. The zero-order valence-corrected chi connectivity index (χ0v) is 15.9. The summed E-state index contributed by atoms with van der Waals surface area (Å²) >= 11 is 0. The fraction of sp³-hybridized carbons (Fsp3) is 0.500. The van der Waals surface area contributed by atoms with E-state index < -0.39 is 0 Å². The van der Waals surface area contributed by atoms with Crippen molar-refractivity contribution in [3.63, 3.8) is 0 Å². The Kier molecular flexibility index (Phi) is 6.01. The van der Waals surface area contributed by atoms with E-state index in [1.165, 1.54) is 0 Å². The molecule has 136 valence electrons. The predicted octanol–water partition coefficient (Wildman–Crippen LogP) is 3.36. The molecule has 0 radical (unpaired) electrons. The summed E-state index contributed by atoms with van der Waals surface area (Å²) in [5.41, 5.74) is 2.30. The number of aliphatic hydroxyl groups is 1. The minimum Gasteiger partial charge on any atom is -0.396 e. The standard InChI is InChI=1S/C20H29N3O2/c1-15(11-12-24)22(14-17-9-7-6-8-10-17)19(25)18-13-16(2)23(21-18)20(3,4)5/h6-10,13,15,24H,11-12,14H2,1-5H3. The van der Waals surface area contributed by atoms with E-state index in [1.54, 1.807) is 4.90 Å². The van der Waals surface area contributed by atoms with Gasteiger partial charge in [-0.1, -0.05) is 30.3 Å². The Labute approximate surface area is 150 Å². The summed E-state index contributed by atoms with van der Waals surface area (Å²) in [5.74, 6) is -0.101. The zero-order valence-electron chi connectivity index (χ0n) is 15.9. The third-order valence-corrected chi connectivity index (χ3v) is 4.28. The molecule has 1 amide bonds. The molecular weight excluding hydrogens is 314 g/mol. The fourth-order valence-electron chi connectivity index (χ4n) is 2.96. The van der Waals surface area contributed by atoms with Gasteiger partial charge in [0.15, 0.2) is 5.69 Å². The number of nitrogens with zero attached hydrogens (tertiary/aromatic N) is 3. The van der Waals surface area contributed by atoms with E-state index in [2.05, 4.69) is 25.9 Å². The molecule has 1 unspecified atom stereocenters. The van der Waals surface area contributed by atoms with Crippen LogP contribution in [0.1, 0.15) is 55.9 Å². The quantitative estimate of drug-likeness (QED) is 0.875. The summed E-state index contributed by atoms with van der Waals surface area (Å²) in [4.78, 5) is 14.9. The topological polar surface area (TPSA) is 58.4 Å². The Bertz CT molecular complexity index is 701. The van der Waals surface area contributed by atoms with Crippen molar-refractivity contribution in [3.8, 4) is 0 Å². The monoisotopic (exact) mass is 343 g/mol. The number of aromatic nitrogens is 2. The van der Waals surface area contributed by atoms with E-state index in [-0.39, 0.29) is 24.1 Å². The second-order valence-corrected chi connectivity index (χ2v) is 7.53. The van der Waals surface area contributed by atoms with Crippen LogP contribution in [0.4, 0.5) is 0 Å². The Morgan fingerprint density at radius 2 is 1.92 bits per heavy atom. The molecule has 5 nitrogen and oxygen atoms in total. The Morgan fingerprint density at radius 1 is 1.28 bits per heavy atom. The van der Waals surface area contributed by atoms with E-state index in [0.717, 1.165) is 11.3 Å². The molecule has 1 aromatic carbocycles. The fourth-order valence-corrected chi connectivity index (χ4v) is 2.96. The molecule has 5 heteroatoms. The van der Waals surface area contributed by atoms with Crippen molar-refractivity contribution in [2.75, 3.05) is 6.61 Å². The maximum absolute atomic E-state index is 13.1. The van der Waals surface area contributed by atoms with Crippen LogP contribution in [0.15, 0.2) is 36.4 Å². The van der Waals surface area contributed by atoms with E-state index in [4.69, 9.17) is 0 Å². The van der Waals surface area contributed by atoms with E-state index in [1.807, 2.05) is 54.9 Å². The molecule has 0 aliphatic carbocycles. The van der Waals surface area contributed by atoms with Gasteiger partial charge in [0.2, 0.25) is 0 Å². The van der Waals surface area contributed by atoms with Crippen LogP contribution in [0, 0.1) is 6.92 Å². The van der Waals surface area contributed by atoms with E-state index in [0.29, 0.717) is 18.7 Å². The molecule has 0 saturated heterocycles. The molecule has 1 N–H and O–H groups in total. The number of carbonyl (C=O) groups is 1. The van der Waals surface area contributed by atoms with Crippen LogP contribution in [0.2, 0.25) is 0 Å². The van der Waals surface area contributed by atoms with Crippen LogP contribution >= 0.6 is 0 Å². The first kappa shape index (κ1) is 19.2. The minimum absolute atomic E-state index is 0.0508. The third-order valence-electron chi connectivity index (χ3n) is 4.28. The van der Waals surface area contributed by atoms with Gasteiger partial charge in [-0.25, -0.2) is 0 Å². The number of hydrogen-bond acceptors (Lipinski definition) is 3. The number of aryl methyl sites for hydroxylation is 1. The predicted molar refractivity (Wildman–Crippen MR) is 99.4 cm³/mol. The van der Waals surface area contributed by atoms with Crippen LogP contribution in [-0.4, -0.2) is 38.3 Å².